The molecule has 2 aromatic rings. The van der Waals surface area contributed by atoms with Gasteiger partial charge >= 0.3 is 0 Å². The summed E-state index contributed by atoms with van der Waals surface area (Å²) in [5.41, 5.74) is 2.76. The summed E-state index contributed by atoms with van der Waals surface area (Å²) in [7, 11) is 4.24. The summed E-state index contributed by atoms with van der Waals surface area (Å²) in [6.45, 7) is 3.07. The molecule has 0 unspecified atom stereocenters. The van der Waals surface area contributed by atoms with Crippen molar-refractivity contribution in [2.75, 3.05) is 26.0 Å². The van der Waals surface area contributed by atoms with E-state index in [1.807, 2.05) is 6.07 Å². The van der Waals surface area contributed by atoms with Crippen LogP contribution in [0.1, 0.15) is 36.9 Å². The molecule has 0 radical (unpaired) electrons. The fraction of sp³-hybridized carbons (Fsp3) is 0.545. The molecular formula is C22H30N4O2. The lowest BCUT2D eigenvalue weighted by Gasteiger charge is -2.25. The maximum absolute atomic E-state index is 9.96. The summed E-state index contributed by atoms with van der Waals surface area (Å²) >= 11 is 0. The zero-order valence-electron chi connectivity index (χ0n) is 16.9. The molecule has 0 saturated heterocycles. The standard InChI is InChI=1S/C22H30N4O2/c1-14-8-17(10-19(14)27)28-21-11-20(23-13-24-21)25-22-16(12-26(2)3)9-15-6-4-5-7-18(15)22/h4-7,11,13-14,16-17,19,22,27H,8-10,12H2,1-3H3,(H,23,24,25)/t14-,16-,17-,19+,22+/m0/s1. The molecule has 1 aromatic carbocycles. The predicted octanol–water partition coefficient (Wildman–Crippen LogP) is 2.90. The van der Waals surface area contributed by atoms with E-state index in [0.29, 0.717) is 18.2 Å². The predicted molar refractivity (Wildman–Crippen MR) is 109 cm³/mol. The molecule has 150 valence electrons. The molecule has 1 saturated carbocycles. The SMILES string of the molecule is C[C@H]1C[C@H](Oc2cc(N[C@H]3c4ccccc4C[C@H]3CN(C)C)ncn2)C[C@H]1O. The number of ether oxygens (including phenoxy) is 1. The fourth-order valence-electron chi connectivity index (χ4n) is 4.59. The Labute approximate surface area is 167 Å². The van der Waals surface area contributed by atoms with Crippen LogP contribution < -0.4 is 10.1 Å². The first-order valence-electron chi connectivity index (χ1n) is 10.2. The van der Waals surface area contributed by atoms with E-state index in [-0.39, 0.29) is 24.2 Å². The van der Waals surface area contributed by atoms with E-state index in [9.17, 15) is 5.11 Å². The van der Waals surface area contributed by atoms with Crippen molar-refractivity contribution in [3.63, 3.8) is 0 Å². The monoisotopic (exact) mass is 382 g/mol. The summed E-state index contributed by atoms with van der Waals surface area (Å²) in [5, 5.41) is 13.6. The summed E-state index contributed by atoms with van der Waals surface area (Å²) in [6.07, 6.45) is 3.86. The van der Waals surface area contributed by atoms with Crippen LogP contribution in [0.25, 0.3) is 0 Å². The van der Waals surface area contributed by atoms with Gasteiger partial charge in [-0.1, -0.05) is 31.2 Å². The quantitative estimate of drug-likeness (QED) is 0.801. The lowest BCUT2D eigenvalue weighted by atomic mass is 10.00. The normalized spacial score (nSPS) is 29.1. The topological polar surface area (TPSA) is 70.5 Å². The van der Waals surface area contributed by atoms with E-state index in [2.05, 4.69) is 65.5 Å². The molecule has 0 aliphatic heterocycles. The van der Waals surface area contributed by atoms with Crippen LogP contribution in [-0.4, -0.2) is 52.8 Å². The van der Waals surface area contributed by atoms with Gasteiger partial charge in [0.05, 0.1) is 12.1 Å². The zero-order valence-corrected chi connectivity index (χ0v) is 16.9. The first-order valence-corrected chi connectivity index (χ1v) is 10.2. The number of rotatable bonds is 6. The van der Waals surface area contributed by atoms with Crippen LogP contribution in [0.4, 0.5) is 5.82 Å². The van der Waals surface area contributed by atoms with Crippen LogP contribution in [-0.2, 0) is 6.42 Å². The number of aromatic nitrogens is 2. The van der Waals surface area contributed by atoms with E-state index in [1.54, 1.807) is 6.33 Å². The van der Waals surface area contributed by atoms with Gasteiger partial charge in [0.25, 0.3) is 0 Å². The van der Waals surface area contributed by atoms with Gasteiger partial charge in [-0.15, -0.1) is 0 Å². The zero-order chi connectivity index (χ0) is 19.7. The van der Waals surface area contributed by atoms with E-state index >= 15 is 0 Å². The van der Waals surface area contributed by atoms with Crippen molar-refractivity contribution >= 4 is 5.82 Å². The van der Waals surface area contributed by atoms with Gasteiger partial charge in [0.2, 0.25) is 5.88 Å². The van der Waals surface area contributed by atoms with Gasteiger partial charge in [-0.05, 0) is 44.0 Å². The molecule has 2 aliphatic rings. The Hall–Kier alpha value is -2.18. The van der Waals surface area contributed by atoms with Crippen molar-refractivity contribution < 1.29 is 9.84 Å². The van der Waals surface area contributed by atoms with Crippen molar-refractivity contribution in [3.05, 3.63) is 47.8 Å². The van der Waals surface area contributed by atoms with E-state index in [1.165, 1.54) is 11.1 Å². The van der Waals surface area contributed by atoms with Crippen molar-refractivity contribution in [2.24, 2.45) is 11.8 Å². The molecule has 5 atom stereocenters. The van der Waals surface area contributed by atoms with Gasteiger partial charge in [0.15, 0.2) is 0 Å². The smallest absolute Gasteiger partial charge is 0.218 e. The van der Waals surface area contributed by atoms with Gasteiger partial charge in [-0.3, -0.25) is 0 Å². The van der Waals surface area contributed by atoms with Crippen LogP contribution in [0.2, 0.25) is 0 Å². The Morgan fingerprint density at radius 3 is 2.79 bits per heavy atom. The summed E-state index contributed by atoms with van der Waals surface area (Å²) in [6, 6.07) is 10.7. The molecule has 0 amide bonds. The number of aliphatic hydroxyl groups excluding tert-OH is 1. The molecule has 1 aromatic heterocycles. The Balaban J connectivity index is 1.49. The van der Waals surface area contributed by atoms with E-state index in [4.69, 9.17) is 4.74 Å². The number of fused-ring (bicyclic) bond motifs is 1. The fourth-order valence-corrected chi connectivity index (χ4v) is 4.59. The minimum atomic E-state index is -0.286. The Kier molecular flexibility index (Phi) is 5.51. The van der Waals surface area contributed by atoms with Crippen molar-refractivity contribution in [1.82, 2.24) is 14.9 Å². The van der Waals surface area contributed by atoms with Gasteiger partial charge < -0.3 is 20.1 Å². The largest absolute Gasteiger partial charge is 0.474 e. The molecule has 2 N–H and O–H groups in total. The molecule has 2 aliphatic carbocycles. The molecule has 1 heterocycles. The van der Waals surface area contributed by atoms with Crippen molar-refractivity contribution in [2.45, 2.75) is 44.4 Å². The molecular weight excluding hydrogens is 352 g/mol. The highest BCUT2D eigenvalue weighted by molar-refractivity contribution is 5.45. The Morgan fingerprint density at radius 2 is 2.04 bits per heavy atom. The number of nitrogens with one attached hydrogen (secondary N) is 1. The van der Waals surface area contributed by atoms with Crippen molar-refractivity contribution in [3.8, 4) is 5.88 Å². The van der Waals surface area contributed by atoms with Gasteiger partial charge in [0, 0.05) is 24.9 Å². The lowest BCUT2D eigenvalue weighted by Crippen LogP contribution is -2.28. The summed E-state index contributed by atoms with van der Waals surface area (Å²) in [5.74, 6) is 2.10. The van der Waals surface area contributed by atoms with Crippen LogP contribution in [0.15, 0.2) is 36.7 Å². The second-order valence-electron chi connectivity index (χ2n) is 8.54. The summed E-state index contributed by atoms with van der Waals surface area (Å²) in [4.78, 5) is 10.9. The third kappa shape index (κ3) is 4.13. The van der Waals surface area contributed by atoms with Gasteiger partial charge in [-0.2, -0.15) is 0 Å². The highest BCUT2D eigenvalue weighted by Crippen LogP contribution is 2.38. The number of aliphatic hydroxyl groups is 1. The molecule has 4 rings (SSSR count). The molecule has 1 fully saturated rings. The van der Waals surface area contributed by atoms with E-state index in [0.717, 1.165) is 25.2 Å². The minimum absolute atomic E-state index is 0.0152. The second kappa shape index (κ2) is 8.05. The Bertz CT molecular complexity index is 803. The first kappa shape index (κ1) is 19.2. The summed E-state index contributed by atoms with van der Waals surface area (Å²) < 4.78 is 6.02. The van der Waals surface area contributed by atoms with Crippen molar-refractivity contribution in [1.29, 1.82) is 0 Å². The number of hydrogen-bond donors (Lipinski definition) is 2. The van der Waals surface area contributed by atoms with Gasteiger partial charge in [0.1, 0.15) is 18.2 Å². The number of hydrogen-bond acceptors (Lipinski definition) is 6. The highest BCUT2D eigenvalue weighted by atomic mass is 16.5. The molecule has 0 spiro atoms. The average Bonchev–Trinajstić information content (AvgIpc) is 3.14. The van der Waals surface area contributed by atoms with Crippen LogP contribution >= 0.6 is 0 Å². The molecule has 28 heavy (non-hydrogen) atoms. The highest BCUT2D eigenvalue weighted by Gasteiger charge is 2.33. The first-order chi connectivity index (χ1) is 13.5. The van der Waals surface area contributed by atoms with Crippen LogP contribution in [0.3, 0.4) is 0 Å². The number of benzene rings is 1. The second-order valence-corrected chi connectivity index (χ2v) is 8.54. The lowest BCUT2D eigenvalue weighted by molar-refractivity contribution is 0.128. The number of nitrogens with zero attached hydrogens (tertiary/aromatic N) is 3. The third-order valence-corrected chi connectivity index (χ3v) is 5.97. The van der Waals surface area contributed by atoms with E-state index < -0.39 is 0 Å². The third-order valence-electron chi connectivity index (χ3n) is 5.97. The molecule has 0 bridgehead atoms. The minimum Gasteiger partial charge on any atom is -0.474 e. The Morgan fingerprint density at radius 1 is 1.21 bits per heavy atom. The molecule has 6 nitrogen and oxygen atoms in total. The van der Waals surface area contributed by atoms with Crippen LogP contribution in [0, 0.1) is 11.8 Å². The average molecular weight is 383 g/mol. The van der Waals surface area contributed by atoms with Gasteiger partial charge in [-0.25, -0.2) is 9.97 Å². The van der Waals surface area contributed by atoms with Crippen LogP contribution in [0.5, 0.6) is 5.88 Å². The molecule has 6 heteroatoms. The maximum atomic E-state index is 9.96. The maximum Gasteiger partial charge on any atom is 0.218 e. The number of anilines is 1.